The second kappa shape index (κ2) is 8.75. The molecule has 0 spiro atoms. The van der Waals surface area contributed by atoms with Gasteiger partial charge in [0.1, 0.15) is 5.76 Å². The highest BCUT2D eigenvalue weighted by Crippen LogP contribution is 2.46. The van der Waals surface area contributed by atoms with E-state index in [1.165, 1.54) is 20.0 Å². The van der Waals surface area contributed by atoms with Crippen LogP contribution in [0.1, 0.15) is 46.4 Å². The van der Waals surface area contributed by atoms with Crippen LogP contribution in [0.25, 0.3) is 33.3 Å². The summed E-state index contributed by atoms with van der Waals surface area (Å²) in [4.78, 5) is 21.6. The lowest BCUT2D eigenvalue weighted by Gasteiger charge is -2.19. The minimum absolute atomic E-state index is 0.110. The topological polar surface area (TPSA) is 83.0 Å². The van der Waals surface area contributed by atoms with E-state index in [1.807, 2.05) is 50.5 Å². The number of ether oxygens (including phenoxy) is 1. The van der Waals surface area contributed by atoms with E-state index in [9.17, 15) is 4.79 Å². The lowest BCUT2D eigenvalue weighted by Crippen LogP contribution is -2.13. The Morgan fingerprint density at radius 3 is 2.53 bits per heavy atom. The van der Waals surface area contributed by atoms with Crippen LogP contribution in [-0.2, 0) is 4.74 Å². The van der Waals surface area contributed by atoms with Gasteiger partial charge >= 0.3 is 5.97 Å². The number of nitrogens with zero attached hydrogens (tertiary/aromatic N) is 4. The van der Waals surface area contributed by atoms with Crippen molar-refractivity contribution in [2.45, 2.75) is 32.7 Å². The number of carbonyl (C=O) groups excluding carboxylic acids is 1. The van der Waals surface area contributed by atoms with E-state index in [1.54, 1.807) is 12.1 Å². The molecule has 1 atom stereocenters. The van der Waals surface area contributed by atoms with Crippen LogP contribution in [-0.4, -0.2) is 32.8 Å². The van der Waals surface area contributed by atoms with E-state index in [0.29, 0.717) is 11.5 Å². The third kappa shape index (κ3) is 3.77. The molecule has 36 heavy (non-hydrogen) atoms. The van der Waals surface area contributed by atoms with Crippen molar-refractivity contribution in [3.63, 3.8) is 0 Å². The Balaban J connectivity index is 1.56. The maximum absolute atomic E-state index is 12.0. The number of hydrogen-bond acceptors (Lipinski definition) is 6. The molecule has 1 aliphatic carbocycles. The molecule has 1 aromatic carbocycles. The van der Waals surface area contributed by atoms with Crippen LogP contribution in [0.3, 0.4) is 0 Å². The van der Waals surface area contributed by atoms with Gasteiger partial charge in [-0.05, 0) is 68.5 Å². The summed E-state index contributed by atoms with van der Waals surface area (Å²) in [5.74, 6) is 0.941. The van der Waals surface area contributed by atoms with Gasteiger partial charge in [-0.3, -0.25) is 9.97 Å². The van der Waals surface area contributed by atoms with Crippen molar-refractivity contribution in [3.8, 4) is 22.3 Å². The van der Waals surface area contributed by atoms with E-state index in [2.05, 4.69) is 28.1 Å². The van der Waals surface area contributed by atoms with Gasteiger partial charge in [-0.25, -0.2) is 4.79 Å². The van der Waals surface area contributed by atoms with Crippen molar-refractivity contribution >= 4 is 17.0 Å². The van der Waals surface area contributed by atoms with E-state index >= 15 is 0 Å². The molecule has 0 amide bonds. The summed E-state index contributed by atoms with van der Waals surface area (Å²) < 4.78 is 12.6. The average molecular weight is 479 g/mol. The minimum Gasteiger partial charge on any atom is -0.465 e. The SMILES string of the molecule is COC(=O)c1ccc(-c2cn([C@H](c3ccccn3)C3CC3)c3cc(-c4c(C)noc4C)cnc23)cc1. The number of pyridine rings is 2. The predicted molar refractivity (Wildman–Crippen MR) is 137 cm³/mol. The van der Waals surface area contributed by atoms with Crippen molar-refractivity contribution in [1.29, 1.82) is 0 Å². The third-order valence-corrected chi connectivity index (χ3v) is 6.97. The summed E-state index contributed by atoms with van der Waals surface area (Å²) in [5.41, 5.74) is 8.28. The number of esters is 1. The highest BCUT2D eigenvalue weighted by molar-refractivity contribution is 5.96. The maximum Gasteiger partial charge on any atom is 0.337 e. The Morgan fingerprint density at radius 1 is 1.08 bits per heavy atom. The minimum atomic E-state index is -0.352. The molecular formula is C29H26N4O3. The second-order valence-electron chi connectivity index (χ2n) is 9.35. The lowest BCUT2D eigenvalue weighted by molar-refractivity contribution is 0.0600. The van der Waals surface area contributed by atoms with Crippen molar-refractivity contribution < 1.29 is 14.1 Å². The first kappa shape index (κ1) is 22.2. The summed E-state index contributed by atoms with van der Waals surface area (Å²) >= 11 is 0. The van der Waals surface area contributed by atoms with E-state index in [-0.39, 0.29) is 12.0 Å². The normalized spacial score (nSPS) is 14.2. The van der Waals surface area contributed by atoms with Crippen LogP contribution in [0, 0.1) is 19.8 Å². The van der Waals surface area contributed by atoms with Crippen molar-refractivity contribution in [3.05, 3.63) is 89.8 Å². The fraction of sp³-hybridized carbons (Fsp3) is 0.241. The summed E-state index contributed by atoms with van der Waals surface area (Å²) in [6.07, 6.45) is 8.26. The number of carbonyl (C=O) groups is 1. The monoisotopic (exact) mass is 478 g/mol. The average Bonchev–Trinajstić information content (AvgIpc) is 3.60. The summed E-state index contributed by atoms with van der Waals surface area (Å²) in [5, 5.41) is 4.14. The molecule has 6 rings (SSSR count). The van der Waals surface area contributed by atoms with Crippen molar-refractivity contribution in [2.75, 3.05) is 7.11 Å². The Hall–Kier alpha value is -4.26. The Kier molecular flexibility index (Phi) is 5.40. The summed E-state index contributed by atoms with van der Waals surface area (Å²) in [6, 6.07) is 15.9. The van der Waals surface area contributed by atoms with Crippen LogP contribution >= 0.6 is 0 Å². The number of hydrogen-bond donors (Lipinski definition) is 0. The first-order valence-corrected chi connectivity index (χ1v) is 12.1. The number of aromatic nitrogens is 4. The molecule has 0 saturated heterocycles. The lowest BCUT2D eigenvalue weighted by atomic mass is 10.0. The van der Waals surface area contributed by atoms with Gasteiger partial charge in [-0.15, -0.1) is 0 Å². The quantitative estimate of drug-likeness (QED) is 0.272. The largest absolute Gasteiger partial charge is 0.465 e. The molecule has 0 N–H and O–H groups in total. The molecule has 7 heteroatoms. The van der Waals surface area contributed by atoms with Gasteiger partial charge in [0, 0.05) is 35.3 Å². The van der Waals surface area contributed by atoms with Gasteiger partial charge in [-0.1, -0.05) is 23.4 Å². The maximum atomic E-state index is 12.0. The zero-order valence-electron chi connectivity index (χ0n) is 20.4. The zero-order valence-corrected chi connectivity index (χ0v) is 20.4. The highest BCUT2D eigenvalue weighted by atomic mass is 16.5. The molecule has 5 aromatic rings. The number of benzene rings is 1. The molecule has 180 valence electrons. The molecule has 4 heterocycles. The fourth-order valence-electron chi connectivity index (χ4n) is 5.08. The highest BCUT2D eigenvalue weighted by Gasteiger charge is 2.36. The van der Waals surface area contributed by atoms with Gasteiger partial charge < -0.3 is 13.8 Å². The third-order valence-electron chi connectivity index (χ3n) is 6.97. The Bertz CT molecular complexity index is 1540. The summed E-state index contributed by atoms with van der Waals surface area (Å²) in [7, 11) is 1.39. The fourth-order valence-corrected chi connectivity index (χ4v) is 5.08. The molecule has 1 fully saturated rings. The molecule has 1 aliphatic rings. The van der Waals surface area contributed by atoms with Gasteiger partial charge in [0.15, 0.2) is 0 Å². The van der Waals surface area contributed by atoms with Gasteiger partial charge in [0.2, 0.25) is 0 Å². The smallest absolute Gasteiger partial charge is 0.337 e. The number of methoxy groups -OCH3 is 1. The first-order chi connectivity index (χ1) is 17.5. The van der Waals surface area contributed by atoms with Crippen LogP contribution < -0.4 is 0 Å². The Morgan fingerprint density at radius 2 is 1.89 bits per heavy atom. The predicted octanol–water partition coefficient (Wildman–Crippen LogP) is 6.16. The number of aryl methyl sites for hydroxylation is 2. The molecule has 4 aromatic heterocycles. The van der Waals surface area contributed by atoms with Crippen molar-refractivity contribution in [2.24, 2.45) is 5.92 Å². The Labute approximate surface area is 208 Å². The van der Waals surface area contributed by atoms with Gasteiger partial charge in [-0.2, -0.15) is 0 Å². The van der Waals surface area contributed by atoms with Crippen LogP contribution in [0.4, 0.5) is 0 Å². The van der Waals surface area contributed by atoms with E-state index in [4.69, 9.17) is 19.2 Å². The zero-order chi connectivity index (χ0) is 24.8. The van der Waals surface area contributed by atoms with Crippen LogP contribution in [0.15, 0.2) is 71.6 Å². The molecule has 7 nitrogen and oxygen atoms in total. The molecule has 0 aliphatic heterocycles. The second-order valence-corrected chi connectivity index (χ2v) is 9.35. The van der Waals surface area contributed by atoms with E-state index in [0.717, 1.165) is 50.4 Å². The molecule has 1 saturated carbocycles. The standard InChI is InChI=1S/C29H26N4O3/c1-17-26(18(2)36-32-17)22-14-25-27(31-15-22)23(19-7-11-21(12-8-19)29(34)35-3)16-33(25)28(20-9-10-20)24-6-4-5-13-30-24/h4-8,11-16,20,28H,9-10H2,1-3H3/t28-/m0/s1. The van der Waals surface area contributed by atoms with E-state index < -0.39 is 0 Å². The number of fused-ring (bicyclic) bond motifs is 1. The van der Waals surface area contributed by atoms with Crippen LogP contribution in [0.5, 0.6) is 0 Å². The molecule has 0 radical (unpaired) electrons. The number of rotatable bonds is 6. The van der Waals surface area contributed by atoms with Gasteiger partial charge in [0.25, 0.3) is 0 Å². The molecular weight excluding hydrogens is 452 g/mol. The molecule has 0 unspecified atom stereocenters. The van der Waals surface area contributed by atoms with Crippen LogP contribution in [0.2, 0.25) is 0 Å². The van der Waals surface area contributed by atoms with Crippen molar-refractivity contribution in [1.82, 2.24) is 19.7 Å². The summed E-state index contributed by atoms with van der Waals surface area (Å²) in [6.45, 7) is 3.87. The first-order valence-electron chi connectivity index (χ1n) is 12.1. The van der Waals surface area contributed by atoms with Gasteiger partial charge in [0.05, 0.1) is 41.1 Å². The molecule has 0 bridgehead atoms.